The molecule has 172 valence electrons. The Hall–Kier alpha value is -2.39. The summed E-state index contributed by atoms with van der Waals surface area (Å²) < 4.78 is 70.8. The van der Waals surface area contributed by atoms with Crippen LogP contribution in [-0.4, -0.2) is 29.4 Å². The maximum absolute atomic E-state index is 14.1. The largest absolute Gasteiger partial charge is 0.408 e. The highest BCUT2D eigenvalue weighted by molar-refractivity contribution is 7.90. The average Bonchev–Trinajstić information content (AvgIpc) is 3.50. The number of sulfonamides is 1. The summed E-state index contributed by atoms with van der Waals surface area (Å²) in [7, 11) is -4.05. The molecule has 1 fully saturated rings. The minimum absolute atomic E-state index is 0.0845. The number of nitrogens with zero attached hydrogens (tertiary/aromatic N) is 2. The number of pyridine rings is 1. The molecular weight excluding hydrogens is 439 g/mol. The van der Waals surface area contributed by atoms with E-state index in [0.29, 0.717) is 30.3 Å². The summed E-state index contributed by atoms with van der Waals surface area (Å²) in [5.74, 6) is 0. The van der Waals surface area contributed by atoms with Crippen LogP contribution in [0.1, 0.15) is 45.2 Å². The highest BCUT2D eigenvalue weighted by Gasteiger charge is 2.47. The van der Waals surface area contributed by atoms with E-state index < -0.39 is 27.5 Å². The van der Waals surface area contributed by atoms with Crippen LogP contribution >= 0.6 is 0 Å². The lowest BCUT2D eigenvalue weighted by atomic mass is 9.97. The van der Waals surface area contributed by atoms with E-state index in [4.69, 9.17) is 0 Å². The van der Waals surface area contributed by atoms with Gasteiger partial charge in [-0.05, 0) is 36.0 Å². The van der Waals surface area contributed by atoms with E-state index in [-0.39, 0.29) is 11.0 Å². The Balaban J connectivity index is 1.87. The first-order valence-electron chi connectivity index (χ1n) is 10.5. The standard InChI is InChI=1S/C23H26F3N3O2S/c1-22(2,3)14-29-13-19(21(23(24,25)26)28-32(30,31)17-7-8-17)18-9-6-15(11-20(18)29)16-5-4-10-27-12-16/h4-6,9-13,17,21,28H,7-8,14H2,1-3H3/t21-/m0/s1. The summed E-state index contributed by atoms with van der Waals surface area (Å²) in [6, 6.07) is 6.59. The van der Waals surface area contributed by atoms with Gasteiger partial charge in [0.25, 0.3) is 0 Å². The zero-order valence-electron chi connectivity index (χ0n) is 18.1. The number of nitrogens with one attached hydrogen (secondary N) is 1. The van der Waals surface area contributed by atoms with Crippen molar-refractivity contribution in [2.24, 2.45) is 5.41 Å². The molecule has 4 rings (SSSR count). The summed E-state index contributed by atoms with van der Waals surface area (Å²) in [6.45, 7) is 6.47. The van der Waals surface area contributed by atoms with E-state index in [1.807, 2.05) is 37.6 Å². The Bertz CT molecular complexity index is 1230. The number of rotatable bonds is 6. The zero-order valence-corrected chi connectivity index (χ0v) is 19.0. The highest BCUT2D eigenvalue weighted by Crippen LogP contribution is 2.41. The van der Waals surface area contributed by atoms with Gasteiger partial charge in [0.1, 0.15) is 6.04 Å². The van der Waals surface area contributed by atoms with Crippen LogP contribution in [0.3, 0.4) is 0 Å². The molecular formula is C23H26F3N3O2S. The van der Waals surface area contributed by atoms with Crippen LogP contribution in [0.5, 0.6) is 0 Å². The van der Waals surface area contributed by atoms with Crippen LogP contribution in [-0.2, 0) is 16.6 Å². The van der Waals surface area contributed by atoms with Crippen molar-refractivity contribution in [3.8, 4) is 11.1 Å². The molecule has 1 atom stereocenters. The Kier molecular flexibility index (Phi) is 5.61. The van der Waals surface area contributed by atoms with Gasteiger partial charge < -0.3 is 4.57 Å². The third kappa shape index (κ3) is 4.83. The molecule has 5 nitrogen and oxygen atoms in total. The topological polar surface area (TPSA) is 64.0 Å². The molecule has 0 radical (unpaired) electrons. The van der Waals surface area contributed by atoms with Crippen LogP contribution in [0.4, 0.5) is 13.2 Å². The predicted octanol–water partition coefficient (Wildman–Crippen LogP) is 5.43. The van der Waals surface area contributed by atoms with E-state index in [1.54, 1.807) is 35.2 Å². The second-order valence-corrected chi connectivity index (χ2v) is 11.6. The summed E-state index contributed by atoms with van der Waals surface area (Å²) >= 11 is 0. The Morgan fingerprint density at radius 1 is 1.16 bits per heavy atom. The monoisotopic (exact) mass is 465 g/mol. The molecule has 9 heteroatoms. The maximum atomic E-state index is 14.1. The van der Waals surface area contributed by atoms with Crippen molar-refractivity contribution in [2.75, 3.05) is 0 Å². The van der Waals surface area contributed by atoms with Gasteiger partial charge in [-0.25, -0.2) is 8.42 Å². The van der Waals surface area contributed by atoms with Gasteiger partial charge in [-0.15, -0.1) is 0 Å². The molecule has 0 unspecified atom stereocenters. The smallest absolute Gasteiger partial charge is 0.347 e. The summed E-state index contributed by atoms with van der Waals surface area (Å²) in [5.41, 5.74) is 2.01. The molecule has 0 saturated heterocycles. The van der Waals surface area contributed by atoms with Gasteiger partial charge >= 0.3 is 6.18 Å². The van der Waals surface area contributed by atoms with E-state index in [0.717, 1.165) is 11.1 Å². The van der Waals surface area contributed by atoms with E-state index in [1.165, 1.54) is 6.20 Å². The number of hydrogen-bond donors (Lipinski definition) is 1. The average molecular weight is 466 g/mol. The Labute approximate surface area is 185 Å². The minimum atomic E-state index is -4.77. The van der Waals surface area contributed by atoms with E-state index in [9.17, 15) is 21.6 Å². The lowest BCUT2D eigenvalue weighted by Crippen LogP contribution is -2.39. The summed E-state index contributed by atoms with van der Waals surface area (Å²) in [6.07, 6.45) is 0.797. The molecule has 1 aliphatic carbocycles. The first-order chi connectivity index (χ1) is 14.9. The third-order valence-corrected chi connectivity index (χ3v) is 7.35. The van der Waals surface area contributed by atoms with Crippen molar-refractivity contribution in [2.45, 2.75) is 57.6 Å². The van der Waals surface area contributed by atoms with Crippen molar-refractivity contribution in [3.05, 3.63) is 54.5 Å². The highest BCUT2D eigenvalue weighted by atomic mass is 32.2. The van der Waals surface area contributed by atoms with Crippen LogP contribution in [0.2, 0.25) is 0 Å². The summed E-state index contributed by atoms with van der Waals surface area (Å²) in [4.78, 5) is 4.12. The van der Waals surface area contributed by atoms with Crippen LogP contribution in [0.15, 0.2) is 48.9 Å². The maximum Gasteiger partial charge on any atom is 0.408 e. The number of hydrogen-bond acceptors (Lipinski definition) is 3. The number of aromatic nitrogens is 2. The van der Waals surface area contributed by atoms with E-state index >= 15 is 0 Å². The second kappa shape index (κ2) is 7.88. The molecule has 32 heavy (non-hydrogen) atoms. The fraction of sp³-hybridized carbons (Fsp3) is 0.435. The molecule has 0 bridgehead atoms. The van der Waals surface area contributed by atoms with E-state index in [2.05, 4.69) is 4.98 Å². The third-order valence-electron chi connectivity index (χ3n) is 5.44. The molecule has 2 aromatic heterocycles. The van der Waals surface area contributed by atoms with Crippen LogP contribution in [0.25, 0.3) is 22.0 Å². The van der Waals surface area contributed by atoms with Gasteiger partial charge in [0, 0.05) is 47.2 Å². The van der Waals surface area contributed by atoms with Crippen molar-refractivity contribution < 1.29 is 21.6 Å². The Morgan fingerprint density at radius 2 is 1.88 bits per heavy atom. The molecule has 1 saturated carbocycles. The molecule has 1 aliphatic rings. The van der Waals surface area contributed by atoms with Crippen molar-refractivity contribution in [1.82, 2.24) is 14.3 Å². The van der Waals surface area contributed by atoms with Crippen molar-refractivity contribution in [3.63, 3.8) is 0 Å². The van der Waals surface area contributed by atoms with Gasteiger partial charge in [-0.1, -0.05) is 39.0 Å². The molecule has 1 N–H and O–H groups in total. The minimum Gasteiger partial charge on any atom is -0.347 e. The number of benzene rings is 1. The fourth-order valence-electron chi connectivity index (χ4n) is 3.85. The van der Waals surface area contributed by atoms with Gasteiger partial charge in [0.15, 0.2) is 0 Å². The SMILES string of the molecule is CC(C)(C)Cn1cc([C@H](NS(=O)(=O)C2CC2)C(F)(F)F)c2ccc(-c3cccnc3)cc21. The number of alkyl halides is 3. The number of fused-ring (bicyclic) bond motifs is 1. The van der Waals surface area contributed by atoms with Crippen LogP contribution in [0, 0.1) is 5.41 Å². The van der Waals surface area contributed by atoms with Crippen LogP contribution < -0.4 is 4.72 Å². The lowest BCUT2D eigenvalue weighted by molar-refractivity contribution is -0.152. The Morgan fingerprint density at radius 3 is 2.44 bits per heavy atom. The second-order valence-electron chi connectivity index (χ2n) is 9.58. The van der Waals surface area contributed by atoms with Crippen molar-refractivity contribution >= 4 is 20.9 Å². The van der Waals surface area contributed by atoms with Gasteiger partial charge in [0.2, 0.25) is 10.0 Å². The predicted molar refractivity (Wildman–Crippen MR) is 118 cm³/mol. The first-order valence-corrected chi connectivity index (χ1v) is 12.0. The molecule has 0 aliphatic heterocycles. The van der Waals surface area contributed by atoms with Gasteiger partial charge in [-0.3, -0.25) is 4.98 Å². The molecule has 0 spiro atoms. The van der Waals surface area contributed by atoms with Gasteiger partial charge in [-0.2, -0.15) is 17.9 Å². The lowest BCUT2D eigenvalue weighted by Gasteiger charge is -2.22. The normalized spacial score (nSPS) is 16.4. The quantitative estimate of drug-likeness (QED) is 0.528. The van der Waals surface area contributed by atoms with Gasteiger partial charge in [0.05, 0.1) is 5.25 Å². The first kappa shape index (κ1) is 22.8. The molecule has 3 aromatic rings. The zero-order chi connectivity index (χ0) is 23.3. The molecule has 0 amide bonds. The molecule has 1 aromatic carbocycles. The fourth-order valence-corrected chi connectivity index (χ4v) is 5.39. The summed E-state index contributed by atoms with van der Waals surface area (Å²) in [5, 5.41) is -0.366. The molecule has 2 heterocycles. The van der Waals surface area contributed by atoms with Crippen molar-refractivity contribution in [1.29, 1.82) is 0 Å². The number of halogens is 3.